The van der Waals surface area contributed by atoms with Gasteiger partial charge in [0.05, 0.1) is 7.11 Å². The third kappa shape index (κ3) is 3.81. The fourth-order valence-electron chi connectivity index (χ4n) is 1.79. The molecule has 19 heavy (non-hydrogen) atoms. The van der Waals surface area contributed by atoms with E-state index in [0.29, 0.717) is 5.56 Å². The van der Waals surface area contributed by atoms with Gasteiger partial charge in [-0.3, -0.25) is 9.59 Å². The average Bonchev–Trinajstić information content (AvgIpc) is 2.36. The Morgan fingerprint density at radius 2 is 1.79 bits per heavy atom. The van der Waals surface area contributed by atoms with Gasteiger partial charge in [-0.05, 0) is 43.5 Å². The maximum absolute atomic E-state index is 12.0. The zero-order valence-corrected chi connectivity index (χ0v) is 12.1. The van der Waals surface area contributed by atoms with Crippen LogP contribution in [0.1, 0.15) is 49.5 Å². The molecule has 0 radical (unpaired) electrons. The van der Waals surface area contributed by atoms with Gasteiger partial charge < -0.3 is 10.1 Å². The molecule has 0 spiro atoms. The highest BCUT2D eigenvalue weighted by Crippen LogP contribution is 2.27. The molecule has 0 aliphatic carbocycles. The molecule has 1 aromatic rings. The second-order valence-corrected chi connectivity index (χ2v) is 5.07. The van der Waals surface area contributed by atoms with Crippen LogP contribution < -0.4 is 10.1 Å². The normalized spacial score (nSPS) is 10.7. The van der Waals surface area contributed by atoms with E-state index in [1.54, 1.807) is 25.3 Å². The molecule has 4 nitrogen and oxygen atoms in total. The Bertz CT molecular complexity index is 478. The number of amides is 1. The molecule has 0 atom stereocenters. The summed E-state index contributed by atoms with van der Waals surface area (Å²) in [5.41, 5.74) is 1.31. The van der Waals surface area contributed by atoms with Crippen LogP contribution in [0.5, 0.6) is 5.75 Å². The SMILES string of the molecule is COc1ccc(C(=O)C(=O)NC(C)C)cc1C(C)C. The molecule has 1 aromatic carbocycles. The number of carbonyl (C=O) groups is 2. The van der Waals surface area contributed by atoms with Crippen LogP contribution in [0.4, 0.5) is 0 Å². The molecule has 0 unspecified atom stereocenters. The summed E-state index contributed by atoms with van der Waals surface area (Å²) in [4.78, 5) is 23.7. The molecule has 1 amide bonds. The number of hydrogen-bond donors (Lipinski definition) is 1. The minimum absolute atomic E-state index is 0.0562. The first-order valence-corrected chi connectivity index (χ1v) is 6.40. The lowest BCUT2D eigenvalue weighted by atomic mass is 9.98. The maximum Gasteiger partial charge on any atom is 0.292 e. The predicted octanol–water partition coefficient (Wildman–Crippen LogP) is 2.53. The third-order valence-corrected chi connectivity index (χ3v) is 2.74. The summed E-state index contributed by atoms with van der Waals surface area (Å²) in [5.74, 6) is -0.139. The molecule has 104 valence electrons. The lowest BCUT2D eigenvalue weighted by molar-refractivity contribution is -0.117. The minimum atomic E-state index is -0.574. The molecule has 0 heterocycles. The summed E-state index contributed by atoms with van der Waals surface area (Å²) in [6.07, 6.45) is 0. The summed E-state index contributed by atoms with van der Waals surface area (Å²) in [7, 11) is 1.59. The van der Waals surface area contributed by atoms with Crippen LogP contribution in [0.2, 0.25) is 0 Å². The monoisotopic (exact) mass is 263 g/mol. The van der Waals surface area contributed by atoms with E-state index in [9.17, 15) is 9.59 Å². The molecular formula is C15H21NO3. The van der Waals surface area contributed by atoms with Crippen molar-refractivity contribution >= 4 is 11.7 Å². The number of benzene rings is 1. The smallest absolute Gasteiger partial charge is 0.292 e. The van der Waals surface area contributed by atoms with Crippen LogP contribution in [0.15, 0.2) is 18.2 Å². The second-order valence-electron chi connectivity index (χ2n) is 5.07. The number of methoxy groups -OCH3 is 1. The van der Waals surface area contributed by atoms with Gasteiger partial charge in [-0.1, -0.05) is 13.8 Å². The Hall–Kier alpha value is -1.84. The highest BCUT2D eigenvalue weighted by Gasteiger charge is 2.19. The molecule has 1 rings (SSSR count). The Balaban J connectivity index is 3.05. The van der Waals surface area contributed by atoms with Crippen molar-refractivity contribution in [2.45, 2.75) is 39.7 Å². The van der Waals surface area contributed by atoms with E-state index in [0.717, 1.165) is 11.3 Å². The molecule has 0 saturated heterocycles. The molecule has 0 aromatic heterocycles. The number of carbonyl (C=O) groups excluding carboxylic acids is 2. The van der Waals surface area contributed by atoms with Crippen molar-refractivity contribution in [1.29, 1.82) is 0 Å². The number of ketones is 1. The topological polar surface area (TPSA) is 55.4 Å². The first-order valence-electron chi connectivity index (χ1n) is 6.40. The minimum Gasteiger partial charge on any atom is -0.496 e. The van der Waals surface area contributed by atoms with Crippen molar-refractivity contribution in [3.63, 3.8) is 0 Å². The van der Waals surface area contributed by atoms with Gasteiger partial charge in [-0.2, -0.15) is 0 Å². The van der Waals surface area contributed by atoms with Crippen molar-refractivity contribution in [2.24, 2.45) is 0 Å². The van der Waals surface area contributed by atoms with Gasteiger partial charge in [0.15, 0.2) is 0 Å². The maximum atomic E-state index is 12.0. The fraction of sp³-hybridized carbons (Fsp3) is 0.467. The number of ether oxygens (including phenoxy) is 1. The number of rotatable bonds is 5. The number of hydrogen-bond acceptors (Lipinski definition) is 3. The Morgan fingerprint density at radius 3 is 2.26 bits per heavy atom. The van der Waals surface area contributed by atoms with Crippen LogP contribution in [-0.2, 0) is 4.79 Å². The van der Waals surface area contributed by atoms with E-state index in [1.807, 2.05) is 27.7 Å². The molecular weight excluding hydrogens is 242 g/mol. The van der Waals surface area contributed by atoms with Crippen LogP contribution in [-0.4, -0.2) is 24.8 Å². The van der Waals surface area contributed by atoms with Gasteiger partial charge in [-0.25, -0.2) is 0 Å². The lowest BCUT2D eigenvalue weighted by Crippen LogP contribution is -2.36. The zero-order chi connectivity index (χ0) is 14.6. The number of nitrogens with one attached hydrogen (secondary N) is 1. The first kappa shape index (κ1) is 15.2. The summed E-state index contributed by atoms with van der Waals surface area (Å²) >= 11 is 0. The van der Waals surface area contributed by atoms with Gasteiger partial charge in [0.1, 0.15) is 5.75 Å². The largest absolute Gasteiger partial charge is 0.496 e. The van der Waals surface area contributed by atoms with E-state index in [4.69, 9.17) is 4.74 Å². The molecule has 4 heteroatoms. The standard InChI is InChI=1S/C15H21NO3/c1-9(2)12-8-11(6-7-13(12)19-5)14(17)15(18)16-10(3)4/h6-10H,1-5H3,(H,16,18). The average molecular weight is 263 g/mol. The Labute approximate surface area is 114 Å². The van der Waals surface area contributed by atoms with Gasteiger partial charge in [0, 0.05) is 11.6 Å². The van der Waals surface area contributed by atoms with E-state index >= 15 is 0 Å². The molecule has 0 aliphatic heterocycles. The van der Waals surface area contributed by atoms with Gasteiger partial charge in [-0.15, -0.1) is 0 Å². The summed E-state index contributed by atoms with van der Waals surface area (Å²) in [6.45, 7) is 7.66. The van der Waals surface area contributed by atoms with Gasteiger partial charge in [0.25, 0.3) is 5.91 Å². The fourth-order valence-corrected chi connectivity index (χ4v) is 1.79. The molecule has 0 saturated carbocycles. The Kier molecular flexibility index (Phi) is 5.10. The molecule has 0 bridgehead atoms. The molecule has 0 fully saturated rings. The molecule has 1 N–H and O–H groups in total. The van der Waals surface area contributed by atoms with E-state index < -0.39 is 11.7 Å². The van der Waals surface area contributed by atoms with Gasteiger partial charge in [0.2, 0.25) is 5.78 Å². The highest BCUT2D eigenvalue weighted by atomic mass is 16.5. The van der Waals surface area contributed by atoms with Crippen LogP contribution in [0, 0.1) is 0 Å². The number of Topliss-reactive ketones (excluding diaryl/α,β-unsaturated/α-hetero) is 1. The Morgan fingerprint density at radius 1 is 1.16 bits per heavy atom. The van der Waals surface area contributed by atoms with Crippen molar-refractivity contribution in [2.75, 3.05) is 7.11 Å². The first-order chi connectivity index (χ1) is 8.86. The summed E-state index contributed by atoms with van der Waals surface area (Å²) in [6, 6.07) is 5.02. The van der Waals surface area contributed by atoms with Crippen molar-refractivity contribution < 1.29 is 14.3 Å². The van der Waals surface area contributed by atoms with E-state index in [-0.39, 0.29) is 12.0 Å². The van der Waals surface area contributed by atoms with E-state index in [1.165, 1.54) is 0 Å². The second kappa shape index (κ2) is 6.36. The lowest BCUT2D eigenvalue weighted by Gasteiger charge is -2.13. The highest BCUT2D eigenvalue weighted by molar-refractivity contribution is 6.42. The summed E-state index contributed by atoms with van der Waals surface area (Å²) in [5, 5.41) is 2.60. The summed E-state index contributed by atoms with van der Waals surface area (Å²) < 4.78 is 5.25. The van der Waals surface area contributed by atoms with Crippen LogP contribution >= 0.6 is 0 Å². The predicted molar refractivity (Wildman–Crippen MR) is 74.7 cm³/mol. The third-order valence-electron chi connectivity index (χ3n) is 2.74. The molecule has 0 aliphatic rings. The van der Waals surface area contributed by atoms with Crippen LogP contribution in [0.25, 0.3) is 0 Å². The van der Waals surface area contributed by atoms with Crippen molar-refractivity contribution in [1.82, 2.24) is 5.32 Å². The van der Waals surface area contributed by atoms with E-state index in [2.05, 4.69) is 5.32 Å². The van der Waals surface area contributed by atoms with Crippen molar-refractivity contribution in [3.8, 4) is 5.75 Å². The zero-order valence-electron chi connectivity index (χ0n) is 12.1. The van der Waals surface area contributed by atoms with Gasteiger partial charge >= 0.3 is 0 Å². The van der Waals surface area contributed by atoms with Crippen molar-refractivity contribution in [3.05, 3.63) is 29.3 Å². The van der Waals surface area contributed by atoms with Crippen LogP contribution in [0.3, 0.4) is 0 Å². The quantitative estimate of drug-likeness (QED) is 0.656.